The van der Waals surface area contributed by atoms with Crippen molar-refractivity contribution in [2.45, 2.75) is 164 Å². The Kier molecular flexibility index (Phi) is 24.1. The van der Waals surface area contributed by atoms with Crippen LogP contribution >= 0.6 is 0 Å². The lowest BCUT2D eigenvalue weighted by atomic mass is 9.95. The van der Waals surface area contributed by atoms with Crippen LogP contribution in [-0.4, -0.2) is 182 Å². The second kappa shape index (κ2) is 33.1. The van der Waals surface area contributed by atoms with Crippen molar-refractivity contribution in [2.75, 3.05) is 6.61 Å². The van der Waals surface area contributed by atoms with Gasteiger partial charge in [-0.2, -0.15) is 0 Å². The van der Waals surface area contributed by atoms with Gasteiger partial charge >= 0.3 is 47.8 Å². The van der Waals surface area contributed by atoms with Crippen LogP contribution in [0.4, 0.5) is 0 Å². The molecule has 0 aliphatic carbocycles. The lowest BCUT2D eigenvalue weighted by Gasteiger charge is -2.51. The molecule has 0 bridgehead atoms. The van der Waals surface area contributed by atoms with Crippen LogP contribution in [0.3, 0.4) is 0 Å². The minimum Gasteiger partial charge on any atom is -0.454 e. The summed E-state index contributed by atoms with van der Waals surface area (Å²) in [5.74, 6) is -7.34. The van der Waals surface area contributed by atoms with E-state index in [1.807, 2.05) is 0 Å². The fourth-order valence-corrected chi connectivity index (χ4v) is 11.7. The SMILES string of the molecule is C=CCO[C@@H]1[C@H](OC(=O)c2ccccc2)[C@@H](O[C@@H]2[C@H](OC(=O)c3ccccc3)[C@@H](O[C@H]3[C@@H](O[C@H]4O[C@H](C)[C@@H](OC(=O)c5ccccc5)[C@H](OC(C)=O)[C@@H]4OC(C)=O)[C@H](OC(=O)c4ccccc4)[C@@H](C)O[C@@H]3O)O[C@H](C)[C@H]2OC(=O)c2ccccc2)O[C@H](C)[C@H]1OC(=O)c1ccccc1. The number of esters is 8. The van der Waals surface area contributed by atoms with Gasteiger partial charge in [0.05, 0.1) is 64.4 Å². The molecule has 516 valence electrons. The first kappa shape index (κ1) is 71.2. The molecule has 0 spiro atoms. The van der Waals surface area contributed by atoms with E-state index < -0.39 is 171 Å². The summed E-state index contributed by atoms with van der Waals surface area (Å²) >= 11 is 0. The molecule has 4 fully saturated rings. The number of hydrogen-bond acceptors (Lipinski definition) is 25. The molecule has 4 heterocycles. The van der Waals surface area contributed by atoms with Gasteiger partial charge in [0.2, 0.25) is 0 Å². The normalized spacial score (nSPS) is 29.8. The Morgan fingerprint density at radius 1 is 0.327 bits per heavy atom. The quantitative estimate of drug-likeness (QED) is 0.0362. The molecule has 10 rings (SSSR count). The van der Waals surface area contributed by atoms with Crippen molar-refractivity contribution in [3.63, 3.8) is 0 Å². The summed E-state index contributed by atoms with van der Waals surface area (Å²) in [5, 5.41) is 12.5. The lowest BCUT2D eigenvalue weighted by molar-refractivity contribution is -0.390. The molecule has 6 aromatic carbocycles. The van der Waals surface area contributed by atoms with E-state index in [9.17, 15) is 43.5 Å². The Labute approximate surface area is 563 Å². The largest absolute Gasteiger partial charge is 0.454 e. The van der Waals surface area contributed by atoms with Crippen molar-refractivity contribution in [3.05, 3.63) is 228 Å². The molecular formula is C73H74O25. The van der Waals surface area contributed by atoms with Crippen LogP contribution in [0.15, 0.2) is 195 Å². The second-order valence-corrected chi connectivity index (χ2v) is 23.3. The Bertz CT molecular complexity index is 3680. The van der Waals surface area contributed by atoms with Gasteiger partial charge in [0, 0.05) is 13.8 Å². The molecule has 0 saturated carbocycles. The van der Waals surface area contributed by atoms with Crippen molar-refractivity contribution in [1.82, 2.24) is 0 Å². The summed E-state index contributed by atoms with van der Waals surface area (Å²) in [6.45, 7) is 11.6. The Morgan fingerprint density at radius 3 is 0.867 bits per heavy atom. The smallest absolute Gasteiger partial charge is 0.338 e. The third kappa shape index (κ3) is 17.4. The number of rotatable bonds is 23. The van der Waals surface area contributed by atoms with Crippen LogP contribution in [0.2, 0.25) is 0 Å². The first-order chi connectivity index (χ1) is 47.3. The van der Waals surface area contributed by atoms with Gasteiger partial charge < -0.3 is 80.9 Å². The molecule has 0 amide bonds. The molecule has 20 atom stereocenters. The molecule has 4 aliphatic heterocycles. The van der Waals surface area contributed by atoms with Gasteiger partial charge in [0.25, 0.3) is 0 Å². The van der Waals surface area contributed by atoms with E-state index in [2.05, 4.69) is 6.58 Å². The summed E-state index contributed by atoms with van der Waals surface area (Å²) in [7, 11) is 0. The van der Waals surface area contributed by atoms with Gasteiger partial charge in [-0.15, -0.1) is 6.58 Å². The zero-order valence-corrected chi connectivity index (χ0v) is 54.1. The van der Waals surface area contributed by atoms with E-state index >= 15 is 0 Å². The monoisotopic (exact) mass is 1350 g/mol. The molecule has 98 heavy (non-hydrogen) atoms. The zero-order valence-electron chi connectivity index (χ0n) is 54.1. The highest BCUT2D eigenvalue weighted by molar-refractivity contribution is 5.92. The lowest BCUT2D eigenvalue weighted by Crippen LogP contribution is -2.68. The second-order valence-electron chi connectivity index (χ2n) is 23.3. The predicted octanol–water partition coefficient (Wildman–Crippen LogP) is 7.90. The minimum absolute atomic E-state index is 0.0289. The maximum absolute atomic E-state index is 14.9. The molecule has 0 radical (unpaired) electrons. The van der Waals surface area contributed by atoms with Crippen molar-refractivity contribution in [3.8, 4) is 0 Å². The van der Waals surface area contributed by atoms with Crippen LogP contribution in [0, 0.1) is 0 Å². The number of aliphatic hydroxyl groups is 1. The van der Waals surface area contributed by atoms with Gasteiger partial charge in [0.15, 0.2) is 74.0 Å². The number of carbonyl (C=O) groups is 8. The van der Waals surface area contributed by atoms with E-state index in [1.165, 1.54) is 99.6 Å². The van der Waals surface area contributed by atoms with Crippen LogP contribution in [0.5, 0.6) is 0 Å². The molecule has 0 aromatic heterocycles. The Morgan fingerprint density at radius 2 is 0.561 bits per heavy atom. The average Bonchev–Trinajstić information content (AvgIpc) is 0.766. The third-order valence-corrected chi connectivity index (χ3v) is 16.3. The van der Waals surface area contributed by atoms with Gasteiger partial charge in [-0.1, -0.05) is 115 Å². The summed E-state index contributed by atoms with van der Waals surface area (Å²) < 4.78 is 102. The van der Waals surface area contributed by atoms with Crippen molar-refractivity contribution in [1.29, 1.82) is 0 Å². The number of ether oxygens (including phenoxy) is 16. The molecule has 4 aliphatic rings. The predicted molar refractivity (Wildman–Crippen MR) is 339 cm³/mol. The molecule has 6 aromatic rings. The molecule has 1 N–H and O–H groups in total. The number of hydrogen-bond donors (Lipinski definition) is 1. The summed E-state index contributed by atoms with van der Waals surface area (Å²) in [4.78, 5) is 112. The summed E-state index contributed by atoms with van der Waals surface area (Å²) in [6, 6.07) is 47.0. The van der Waals surface area contributed by atoms with Gasteiger partial charge in [-0.05, 0) is 100 Å². The van der Waals surface area contributed by atoms with E-state index in [4.69, 9.17) is 75.8 Å². The molecule has 25 nitrogen and oxygen atoms in total. The fourth-order valence-electron chi connectivity index (χ4n) is 11.7. The summed E-state index contributed by atoms with van der Waals surface area (Å²) in [5.41, 5.74) is 0.423. The van der Waals surface area contributed by atoms with Crippen LogP contribution < -0.4 is 0 Å². The van der Waals surface area contributed by atoms with E-state index in [0.717, 1.165) is 13.8 Å². The number of benzene rings is 6. The van der Waals surface area contributed by atoms with Gasteiger partial charge in [-0.3, -0.25) is 9.59 Å². The third-order valence-electron chi connectivity index (χ3n) is 16.3. The van der Waals surface area contributed by atoms with Gasteiger partial charge in [0.1, 0.15) is 24.4 Å². The zero-order chi connectivity index (χ0) is 69.6. The summed E-state index contributed by atoms with van der Waals surface area (Å²) in [6.07, 6.45) is -32.2. The van der Waals surface area contributed by atoms with Crippen LogP contribution in [0.25, 0.3) is 0 Å². The van der Waals surface area contributed by atoms with E-state index in [1.54, 1.807) is 116 Å². The Balaban J connectivity index is 1.09. The standard InChI is InChI=1S/C73H74O25/c1-8-39-83-56-52(90-64(76)46-27-15-9-16-28-46)41(3)85-71(61(56)94-68(80)50-35-23-13-24-36-50)97-59-55(93-67(79)49-33-21-12-22-34-49)43(5)87-73(63(59)95-69(81)51-37-25-14-26-38-51)98-60-57(53(40(2)84-70(60)82)91-65(77)47-29-17-10-18-30-47)96-72-62(89-45(7)75)58(88-44(6)74)54(42(4)86-72)92-66(78)48-31-19-11-20-32-48/h8-38,40-43,52-63,70-73,82H,1,39H2,2-7H3/t40-,41-,42-,43-,52-,53-,54-,55-,56+,57+,58+,59+,60+,61+,62+,63+,70+,71-,72-,73-/m1/s1. The topological polar surface area (TPSA) is 304 Å². The number of carbonyl (C=O) groups excluding carboxylic acids is 8. The van der Waals surface area contributed by atoms with Crippen molar-refractivity contribution in [2.24, 2.45) is 0 Å². The highest BCUT2D eigenvalue weighted by Gasteiger charge is 2.60. The van der Waals surface area contributed by atoms with E-state index in [0.29, 0.717) is 0 Å². The molecular weight excluding hydrogens is 1280 g/mol. The maximum atomic E-state index is 14.9. The first-order valence-electron chi connectivity index (χ1n) is 31.7. The van der Waals surface area contributed by atoms with Crippen molar-refractivity contribution < 1.29 is 119 Å². The highest BCUT2D eigenvalue weighted by Crippen LogP contribution is 2.40. The van der Waals surface area contributed by atoms with Crippen molar-refractivity contribution >= 4 is 47.8 Å². The highest BCUT2D eigenvalue weighted by atomic mass is 16.8. The minimum atomic E-state index is -2.13. The van der Waals surface area contributed by atoms with Crippen LogP contribution in [-0.2, 0) is 85.4 Å². The molecule has 0 unspecified atom stereocenters. The molecule has 25 heteroatoms. The Hall–Kier alpha value is -9.54. The maximum Gasteiger partial charge on any atom is 0.338 e. The molecule has 4 saturated heterocycles. The average molecular weight is 1350 g/mol. The van der Waals surface area contributed by atoms with Gasteiger partial charge in [-0.25, -0.2) is 28.8 Å². The van der Waals surface area contributed by atoms with Crippen LogP contribution in [0.1, 0.15) is 104 Å². The fraction of sp³-hybridized carbons (Fsp3) is 0.370. The number of aliphatic hydroxyl groups excluding tert-OH is 1. The van der Waals surface area contributed by atoms with E-state index in [-0.39, 0.29) is 40.0 Å². The first-order valence-corrected chi connectivity index (χ1v) is 31.7.